The number of carboxylic acids is 1. The van der Waals surface area contributed by atoms with Gasteiger partial charge in [-0.3, -0.25) is 0 Å². The number of rotatable bonds is 13. The van der Waals surface area contributed by atoms with Crippen LogP contribution in [0.3, 0.4) is 0 Å². The van der Waals surface area contributed by atoms with E-state index in [0.29, 0.717) is 11.9 Å². The van der Waals surface area contributed by atoms with E-state index in [2.05, 4.69) is 39.8 Å². The van der Waals surface area contributed by atoms with Crippen LogP contribution in [0, 0.1) is 0 Å². The molecule has 1 atom stereocenters. The quantitative estimate of drug-likeness (QED) is 0.259. The van der Waals surface area contributed by atoms with Gasteiger partial charge in [-0.05, 0) is 48.7 Å². The average molecular weight is 480 g/mol. The summed E-state index contributed by atoms with van der Waals surface area (Å²) >= 11 is 0. The van der Waals surface area contributed by atoms with Crippen molar-refractivity contribution in [3.8, 4) is 5.75 Å². The summed E-state index contributed by atoms with van der Waals surface area (Å²) in [4.78, 5) is 11.7. The van der Waals surface area contributed by atoms with Crippen molar-refractivity contribution in [2.75, 3.05) is 6.61 Å². The van der Waals surface area contributed by atoms with Gasteiger partial charge in [0.1, 0.15) is 18.5 Å². The van der Waals surface area contributed by atoms with Gasteiger partial charge in [-0.1, -0.05) is 78.0 Å². The number of hydrogen-bond donors (Lipinski definition) is 2. The Kier molecular flexibility index (Phi) is 9.39. The predicted molar refractivity (Wildman–Crippen MR) is 143 cm³/mol. The van der Waals surface area contributed by atoms with Crippen LogP contribution in [-0.2, 0) is 18.4 Å². The molecule has 35 heavy (non-hydrogen) atoms. The Bertz CT molecular complexity index is 1090. The summed E-state index contributed by atoms with van der Waals surface area (Å²) in [7, 11) is 0. The molecule has 3 rings (SSSR count). The van der Waals surface area contributed by atoms with Crippen LogP contribution < -0.4 is 4.74 Å². The van der Waals surface area contributed by atoms with Gasteiger partial charge < -0.3 is 19.5 Å². The molecule has 0 saturated heterocycles. The maximum absolute atomic E-state index is 11.7. The second kappa shape index (κ2) is 12.3. The number of carboxylic acid groups (broad SMARTS) is 1. The van der Waals surface area contributed by atoms with Crippen LogP contribution in [0.25, 0.3) is 10.9 Å². The molecule has 0 bridgehead atoms. The normalized spacial score (nSPS) is 12.7. The monoisotopic (exact) mass is 479 g/mol. The van der Waals surface area contributed by atoms with E-state index in [1.165, 1.54) is 44.1 Å². The van der Waals surface area contributed by atoms with Gasteiger partial charge in [0.05, 0.1) is 12.1 Å². The maximum Gasteiger partial charge on any atom is 0.336 e. The highest BCUT2D eigenvalue weighted by Gasteiger charge is 2.24. The van der Waals surface area contributed by atoms with E-state index < -0.39 is 12.1 Å². The Balaban J connectivity index is 1.61. The molecule has 1 aromatic heterocycles. The molecule has 0 spiro atoms. The number of ether oxygens (including phenoxy) is 1. The van der Waals surface area contributed by atoms with E-state index in [1.54, 1.807) is 12.1 Å². The minimum absolute atomic E-state index is 0.165. The smallest absolute Gasteiger partial charge is 0.336 e. The van der Waals surface area contributed by atoms with Crippen molar-refractivity contribution < 1.29 is 19.7 Å². The molecule has 5 heteroatoms. The molecule has 190 valence electrons. The van der Waals surface area contributed by atoms with Crippen molar-refractivity contribution in [3.05, 3.63) is 65.4 Å². The topological polar surface area (TPSA) is 71.7 Å². The molecule has 0 aliphatic heterocycles. The predicted octanol–water partition coefficient (Wildman–Crippen LogP) is 6.98. The van der Waals surface area contributed by atoms with E-state index in [-0.39, 0.29) is 17.6 Å². The Labute approximate surface area is 209 Å². The number of benzene rings is 2. The lowest BCUT2D eigenvalue weighted by atomic mass is 9.91. The Morgan fingerprint density at radius 3 is 2.34 bits per heavy atom. The lowest BCUT2D eigenvalue weighted by Gasteiger charge is -2.24. The molecule has 2 aromatic carbocycles. The van der Waals surface area contributed by atoms with Crippen LogP contribution in [0.2, 0.25) is 0 Å². The van der Waals surface area contributed by atoms with Gasteiger partial charge in [-0.25, -0.2) is 4.79 Å². The van der Waals surface area contributed by atoms with Crippen LogP contribution in [-0.4, -0.2) is 33.5 Å². The first-order valence-electron chi connectivity index (χ1n) is 13.0. The fourth-order valence-corrected chi connectivity index (χ4v) is 4.61. The zero-order valence-electron chi connectivity index (χ0n) is 21.7. The van der Waals surface area contributed by atoms with Crippen LogP contribution >= 0.6 is 0 Å². The van der Waals surface area contributed by atoms with Crippen molar-refractivity contribution in [1.82, 2.24) is 4.57 Å². The van der Waals surface area contributed by atoms with Gasteiger partial charge in [-0.15, -0.1) is 0 Å². The first-order chi connectivity index (χ1) is 16.7. The molecule has 0 amide bonds. The molecule has 0 radical (unpaired) electrons. The van der Waals surface area contributed by atoms with E-state index >= 15 is 0 Å². The van der Waals surface area contributed by atoms with E-state index in [4.69, 9.17) is 4.74 Å². The Morgan fingerprint density at radius 2 is 1.69 bits per heavy atom. The number of aromatic nitrogens is 1. The number of fused-ring (bicyclic) bond motifs is 1. The Hall–Kier alpha value is -2.79. The van der Waals surface area contributed by atoms with E-state index in [0.717, 1.165) is 23.4 Å². The molecule has 5 nitrogen and oxygen atoms in total. The second-order valence-corrected chi connectivity index (χ2v) is 10.6. The molecular formula is C30H41NO4. The zero-order valence-corrected chi connectivity index (χ0v) is 21.7. The van der Waals surface area contributed by atoms with Crippen LogP contribution in [0.15, 0.2) is 48.5 Å². The fourth-order valence-electron chi connectivity index (χ4n) is 4.61. The molecule has 0 aliphatic rings. The number of aryl methyl sites for hydroxylation is 1. The zero-order chi connectivity index (χ0) is 25.4. The summed E-state index contributed by atoms with van der Waals surface area (Å²) < 4.78 is 7.91. The fraction of sp³-hybridized carbons (Fsp3) is 0.500. The van der Waals surface area contributed by atoms with Crippen molar-refractivity contribution in [3.63, 3.8) is 0 Å². The van der Waals surface area contributed by atoms with Gasteiger partial charge in [-0.2, -0.15) is 0 Å². The third kappa shape index (κ3) is 7.35. The lowest BCUT2D eigenvalue weighted by molar-refractivity contribution is 0.0699. The van der Waals surface area contributed by atoms with Gasteiger partial charge in [0.2, 0.25) is 0 Å². The highest BCUT2D eigenvalue weighted by molar-refractivity contribution is 6.03. The minimum atomic E-state index is -0.947. The summed E-state index contributed by atoms with van der Waals surface area (Å²) in [5, 5.41) is 21.1. The molecule has 3 aromatic rings. The van der Waals surface area contributed by atoms with Crippen LogP contribution in [0.4, 0.5) is 0 Å². The largest absolute Gasteiger partial charge is 0.491 e. The highest BCUT2D eigenvalue weighted by atomic mass is 16.5. The summed E-state index contributed by atoms with van der Waals surface area (Å²) in [6.45, 7) is 9.01. The number of hydrogen-bond acceptors (Lipinski definition) is 3. The van der Waals surface area contributed by atoms with Crippen molar-refractivity contribution in [1.29, 1.82) is 0 Å². The van der Waals surface area contributed by atoms with Crippen molar-refractivity contribution in [2.45, 2.75) is 90.7 Å². The average Bonchev–Trinajstić information content (AvgIpc) is 3.19. The van der Waals surface area contributed by atoms with Gasteiger partial charge in [0.25, 0.3) is 0 Å². The molecule has 2 N–H and O–H groups in total. The SMILES string of the molecule is CCCCCCCCc1ccc(OCC(O)Cn2c(C(C)(C)C)cc3c(C(=O)O)cccc32)cc1. The molecule has 0 aliphatic carbocycles. The summed E-state index contributed by atoms with van der Waals surface area (Å²) in [6.07, 6.45) is 8.12. The third-order valence-corrected chi connectivity index (χ3v) is 6.52. The number of aliphatic hydroxyl groups is 1. The number of aliphatic hydroxyl groups excluding tert-OH is 1. The van der Waals surface area contributed by atoms with E-state index in [9.17, 15) is 15.0 Å². The number of carbonyl (C=O) groups is 1. The number of aromatic carboxylic acids is 1. The first-order valence-corrected chi connectivity index (χ1v) is 13.0. The molecule has 0 fully saturated rings. The summed E-state index contributed by atoms with van der Waals surface area (Å²) in [5.41, 5.74) is 3.18. The third-order valence-electron chi connectivity index (χ3n) is 6.52. The van der Waals surface area contributed by atoms with Gasteiger partial charge in [0, 0.05) is 22.0 Å². The van der Waals surface area contributed by atoms with Gasteiger partial charge in [0.15, 0.2) is 0 Å². The van der Waals surface area contributed by atoms with Crippen molar-refractivity contribution in [2.24, 2.45) is 0 Å². The molecule has 0 saturated carbocycles. The van der Waals surface area contributed by atoms with Crippen LogP contribution in [0.5, 0.6) is 5.75 Å². The van der Waals surface area contributed by atoms with Crippen molar-refractivity contribution >= 4 is 16.9 Å². The van der Waals surface area contributed by atoms with Crippen LogP contribution in [0.1, 0.15) is 87.8 Å². The Morgan fingerprint density at radius 1 is 1.00 bits per heavy atom. The second-order valence-electron chi connectivity index (χ2n) is 10.6. The summed E-state index contributed by atoms with van der Waals surface area (Å²) in [5.74, 6) is -0.200. The maximum atomic E-state index is 11.7. The number of nitrogens with zero attached hydrogens (tertiary/aromatic N) is 1. The molecule has 1 unspecified atom stereocenters. The van der Waals surface area contributed by atoms with E-state index in [1.807, 2.05) is 28.8 Å². The van der Waals surface area contributed by atoms with Gasteiger partial charge >= 0.3 is 5.97 Å². The minimum Gasteiger partial charge on any atom is -0.491 e. The lowest BCUT2D eigenvalue weighted by Crippen LogP contribution is -2.27. The first kappa shape index (κ1) is 26.8. The standard InChI is InChI=1S/C30H41NO4/c1-5-6-7-8-9-10-12-22-15-17-24(18-16-22)35-21-23(32)20-31-27-14-11-13-25(29(33)34)26(27)19-28(31)30(2,3)4/h11,13-19,23,32H,5-10,12,20-21H2,1-4H3,(H,33,34). The molecule has 1 heterocycles. The molecular weight excluding hydrogens is 438 g/mol. The number of unbranched alkanes of at least 4 members (excludes halogenated alkanes) is 5. The summed E-state index contributed by atoms with van der Waals surface area (Å²) in [6, 6.07) is 15.4. The highest BCUT2D eigenvalue weighted by Crippen LogP contribution is 2.31.